The number of nitrogens with one attached hydrogen (secondary N) is 1. The fraction of sp³-hybridized carbons (Fsp3) is 0.120. The van der Waals surface area contributed by atoms with Crippen LogP contribution in [0.5, 0.6) is 0 Å². The van der Waals surface area contributed by atoms with Crippen LogP contribution in [0.4, 0.5) is 5.69 Å². The van der Waals surface area contributed by atoms with Gasteiger partial charge >= 0.3 is 0 Å². The van der Waals surface area contributed by atoms with E-state index in [2.05, 4.69) is 5.32 Å². The molecule has 4 heteroatoms. The lowest BCUT2D eigenvalue weighted by molar-refractivity contribution is 0.112. The molecule has 4 aromatic rings. The molecular weight excluding hydrogens is 362 g/mol. The molecule has 1 aromatic heterocycles. The summed E-state index contributed by atoms with van der Waals surface area (Å²) in [6, 6.07) is 22.2. The van der Waals surface area contributed by atoms with E-state index in [1.807, 2.05) is 74.5 Å². The van der Waals surface area contributed by atoms with Gasteiger partial charge in [-0.25, -0.2) is 0 Å². The maximum atomic E-state index is 12.8. The van der Waals surface area contributed by atoms with Gasteiger partial charge in [0.2, 0.25) is 0 Å². The van der Waals surface area contributed by atoms with Gasteiger partial charge in [-0.15, -0.1) is 0 Å². The van der Waals surface area contributed by atoms with Crippen LogP contribution < -0.4 is 10.7 Å². The van der Waals surface area contributed by atoms with Crippen molar-refractivity contribution in [2.24, 2.45) is 0 Å². The van der Waals surface area contributed by atoms with Crippen molar-refractivity contribution in [1.82, 2.24) is 0 Å². The fourth-order valence-electron chi connectivity index (χ4n) is 3.54. The van der Waals surface area contributed by atoms with Gasteiger partial charge in [0, 0.05) is 28.4 Å². The molecule has 29 heavy (non-hydrogen) atoms. The predicted molar refractivity (Wildman–Crippen MR) is 117 cm³/mol. The average molecular weight is 383 g/mol. The highest BCUT2D eigenvalue weighted by Crippen LogP contribution is 2.30. The number of hydrogen-bond acceptors (Lipinski definition) is 4. The molecule has 4 rings (SSSR count). The van der Waals surface area contributed by atoms with Crippen LogP contribution in [-0.4, -0.2) is 6.29 Å². The minimum atomic E-state index is -0.173. The number of rotatable bonds is 5. The first-order valence-corrected chi connectivity index (χ1v) is 9.51. The van der Waals surface area contributed by atoms with Gasteiger partial charge in [-0.2, -0.15) is 0 Å². The Morgan fingerprint density at radius 1 is 0.966 bits per heavy atom. The van der Waals surface area contributed by atoms with Gasteiger partial charge < -0.3 is 9.73 Å². The third kappa shape index (κ3) is 3.69. The molecule has 4 nitrogen and oxygen atoms in total. The van der Waals surface area contributed by atoms with E-state index in [4.69, 9.17) is 4.42 Å². The number of fused-ring (bicyclic) bond motifs is 1. The lowest BCUT2D eigenvalue weighted by atomic mass is 10.00. The van der Waals surface area contributed by atoms with Crippen molar-refractivity contribution >= 4 is 22.9 Å². The molecule has 0 amide bonds. The number of aldehydes is 1. The summed E-state index contributed by atoms with van der Waals surface area (Å²) in [6.45, 7) is 3.95. The molecule has 0 radical (unpaired) electrons. The van der Waals surface area contributed by atoms with E-state index in [9.17, 15) is 9.59 Å². The zero-order valence-corrected chi connectivity index (χ0v) is 16.3. The summed E-state index contributed by atoms with van der Waals surface area (Å²) in [5.41, 5.74) is 4.51. The molecule has 0 saturated carbocycles. The highest BCUT2D eigenvalue weighted by Gasteiger charge is 2.17. The third-order valence-electron chi connectivity index (χ3n) is 4.99. The third-order valence-corrected chi connectivity index (χ3v) is 4.99. The zero-order valence-electron chi connectivity index (χ0n) is 16.3. The summed E-state index contributed by atoms with van der Waals surface area (Å²) >= 11 is 0. The Balaban J connectivity index is 1.86. The van der Waals surface area contributed by atoms with Crippen molar-refractivity contribution in [2.75, 3.05) is 5.32 Å². The first-order chi connectivity index (χ1) is 14.1. The van der Waals surface area contributed by atoms with Crippen molar-refractivity contribution < 1.29 is 9.21 Å². The van der Waals surface area contributed by atoms with Crippen molar-refractivity contribution in [2.45, 2.75) is 19.9 Å². The lowest BCUT2D eigenvalue weighted by Gasteiger charge is -2.19. The van der Waals surface area contributed by atoms with Crippen molar-refractivity contribution in [3.63, 3.8) is 0 Å². The number of hydrogen-bond donors (Lipinski definition) is 1. The van der Waals surface area contributed by atoms with Crippen LogP contribution in [0, 0.1) is 6.92 Å². The van der Waals surface area contributed by atoms with Crippen LogP contribution in [0.25, 0.3) is 22.3 Å². The molecule has 3 aromatic carbocycles. The van der Waals surface area contributed by atoms with E-state index in [0.29, 0.717) is 22.3 Å². The highest BCUT2D eigenvalue weighted by atomic mass is 16.3. The predicted octanol–water partition coefficient (Wildman–Crippen LogP) is 5.75. The van der Waals surface area contributed by atoms with Gasteiger partial charge in [-0.1, -0.05) is 48.5 Å². The van der Waals surface area contributed by atoms with Gasteiger partial charge in [0.15, 0.2) is 11.7 Å². The normalized spacial score (nSPS) is 11.9. The van der Waals surface area contributed by atoms with Gasteiger partial charge in [0.1, 0.15) is 11.3 Å². The molecule has 1 N–H and O–H groups in total. The minimum absolute atomic E-state index is 0.0736. The summed E-state index contributed by atoms with van der Waals surface area (Å²) in [5.74, 6) is 0.536. The van der Waals surface area contributed by atoms with Gasteiger partial charge in [-0.05, 0) is 37.6 Å². The van der Waals surface area contributed by atoms with Crippen LogP contribution >= 0.6 is 0 Å². The number of carbonyl (C=O) groups is 1. The van der Waals surface area contributed by atoms with E-state index >= 15 is 0 Å². The molecule has 0 aliphatic carbocycles. The van der Waals surface area contributed by atoms with E-state index in [0.717, 1.165) is 28.7 Å². The van der Waals surface area contributed by atoms with Crippen molar-refractivity contribution in [3.05, 3.63) is 99.7 Å². The molecule has 1 heterocycles. The minimum Gasteiger partial charge on any atom is -0.455 e. The molecule has 1 unspecified atom stereocenters. The van der Waals surface area contributed by atoms with Crippen molar-refractivity contribution in [1.29, 1.82) is 0 Å². The molecule has 0 fully saturated rings. The molecular formula is C25H21NO3. The maximum Gasteiger partial charge on any atom is 0.193 e. The Kier molecular flexibility index (Phi) is 5.00. The molecule has 144 valence electrons. The first kappa shape index (κ1) is 18.7. The average Bonchev–Trinajstić information content (AvgIpc) is 2.74. The maximum absolute atomic E-state index is 12.8. The SMILES string of the molecule is Cc1cc(C(C)Nc2ccccc2C=O)c2oc(-c3ccccc3)cc(=O)c2c1. The Hall–Kier alpha value is -3.66. The number of para-hydroxylation sites is 1. The molecule has 0 bridgehead atoms. The number of anilines is 1. The molecule has 0 saturated heterocycles. The van der Waals surface area contributed by atoms with E-state index in [-0.39, 0.29) is 11.5 Å². The molecule has 0 aliphatic heterocycles. The summed E-state index contributed by atoms with van der Waals surface area (Å²) in [5, 5.41) is 3.94. The van der Waals surface area contributed by atoms with E-state index < -0.39 is 0 Å². The van der Waals surface area contributed by atoms with Crippen LogP contribution in [0.15, 0.2) is 82.0 Å². The quantitative estimate of drug-likeness (QED) is 0.446. The van der Waals surface area contributed by atoms with Gasteiger partial charge in [0.05, 0.1) is 11.4 Å². The summed E-state index contributed by atoms with van der Waals surface area (Å²) in [4.78, 5) is 24.2. The van der Waals surface area contributed by atoms with E-state index in [1.54, 1.807) is 12.1 Å². The highest BCUT2D eigenvalue weighted by molar-refractivity contribution is 5.86. The summed E-state index contributed by atoms with van der Waals surface area (Å²) < 4.78 is 6.22. The standard InChI is InChI=1S/C25H21NO3/c1-16-12-20(17(2)26-22-11-7-6-10-19(22)15-27)25-21(13-16)23(28)14-24(29-25)18-8-4-3-5-9-18/h3-15,17,26H,1-2H3. The van der Waals surface area contributed by atoms with Crippen LogP contribution in [0.2, 0.25) is 0 Å². The monoisotopic (exact) mass is 383 g/mol. The Morgan fingerprint density at radius 3 is 2.45 bits per heavy atom. The van der Waals surface area contributed by atoms with E-state index in [1.165, 1.54) is 0 Å². The second kappa shape index (κ2) is 7.76. The lowest BCUT2D eigenvalue weighted by Crippen LogP contribution is -2.11. The molecule has 1 atom stereocenters. The van der Waals surface area contributed by atoms with Gasteiger partial charge in [0.25, 0.3) is 0 Å². The largest absolute Gasteiger partial charge is 0.455 e. The first-order valence-electron chi connectivity index (χ1n) is 9.51. The smallest absolute Gasteiger partial charge is 0.193 e. The summed E-state index contributed by atoms with van der Waals surface area (Å²) in [7, 11) is 0. The van der Waals surface area contributed by atoms with Gasteiger partial charge in [-0.3, -0.25) is 9.59 Å². The second-order valence-corrected chi connectivity index (χ2v) is 7.14. The topological polar surface area (TPSA) is 59.3 Å². The summed E-state index contributed by atoms with van der Waals surface area (Å²) in [6.07, 6.45) is 0.830. The van der Waals surface area contributed by atoms with Crippen LogP contribution in [0.3, 0.4) is 0 Å². The second-order valence-electron chi connectivity index (χ2n) is 7.14. The fourth-order valence-corrected chi connectivity index (χ4v) is 3.54. The van der Waals surface area contributed by atoms with Crippen LogP contribution in [-0.2, 0) is 0 Å². The Labute approximate surface area is 168 Å². The number of aryl methyl sites for hydroxylation is 1. The van der Waals surface area contributed by atoms with Crippen molar-refractivity contribution in [3.8, 4) is 11.3 Å². The number of benzene rings is 3. The molecule has 0 aliphatic rings. The number of carbonyl (C=O) groups excluding carboxylic acids is 1. The molecule has 0 spiro atoms. The Bertz CT molecular complexity index is 1240. The Morgan fingerprint density at radius 2 is 1.69 bits per heavy atom. The zero-order chi connectivity index (χ0) is 20.4. The van der Waals surface area contributed by atoms with Crippen LogP contribution in [0.1, 0.15) is 34.5 Å².